The van der Waals surface area contributed by atoms with E-state index in [2.05, 4.69) is 11.4 Å². The van der Waals surface area contributed by atoms with Gasteiger partial charge < -0.3 is 19.7 Å². The summed E-state index contributed by atoms with van der Waals surface area (Å²) < 4.78 is 10.7. The first kappa shape index (κ1) is 26.4. The zero-order valence-electron chi connectivity index (χ0n) is 18.8. The van der Waals surface area contributed by atoms with Crippen molar-refractivity contribution in [3.8, 4) is 17.2 Å². The number of thiophene rings is 1. The number of methoxy groups -OCH3 is 1. The van der Waals surface area contributed by atoms with Crippen molar-refractivity contribution in [3.05, 3.63) is 38.7 Å². The van der Waals surface area contributed by atoms with Crippen molar-refractivity contribution < 1.29 is 14.3 Å². The third-order valence-corrected chi connectivity index (χ3v) is 6.50. The van der Waals surface area contributed by atoms with E-state index in [0.717, 1.165) is 5.00 Å². The van der Waals surface area contributed by atoms with Crippen molar-refractivity contribution in [2.75, 3.05) is 44.9 Å². The Hall–Kier alpha value is -1.82. The van der Waals surface area contributed by atoms with Gasteiger partial charge in [0.1, 0.15) is 15.9 Å². The number of halogens is 2. The van der Waals surface area contributed by atoms with Crippen LogP contribution in [-0.2, 0) is 9.47 Å². The highest BCUT2D eigenvalue weighted by Gasteiger charge is 2.27. The van der Waals surface area contributed by atoms with E-state index < -0.39 is 0 Å². The fourth-order valence-corrected chi connectivity index (χ4v) is 4.91. The second kappa shape index (κ2) is 13.0. The summed E-state index contributed by atoms with van der Waals surface area (Å²) in [5.41, 5.74) is 1.55. The summed E-state index contributed by atoms with van der Waals surface area (Å²) in [6.45, 7) is 8.75. The minimum Gasteiger partial charge on any atom is -0.383 e. The van der Waals surface area contributed by atoms with E-state index in [0.29, 0.717) is 70.9 Å². The number of rotatable bonds is 12. The van der Waals surface area contributed by atoms with Crippen molar-refractivity contribution in [3.63, 3.8) is 0 Å². The molecule has 0 unspecified atom stereocenters. The molecule has 0 aliphatic carbocycles. The number of hydrogen-bond acceptors (Lipinski definition) is 6. The Balaban J connectivity index is 2.46. The van der Waals surface area contributed by atoms with Gasteiger partial charge in [0.15, 0.2) is 0 Å². The van der Waals surface area contributed by atoms with E-state index in [4.69, 9.17) is 32.7 Å². The molecule has 1 aromatic heterocycles. The van der Waals surface area contributed by atoms with Gasteiger partial charge in [0.2, 0.25) is 0 Å². The number of nitrogens with one attached hydrogen (secondary N) is 1. The number of ether oxygens (including phenoxy) is 2. The van der Waals surface area contributed by atoms with E-state index in [9.17, 15) is 10.1 Å². The summed E-state index contributed by atoms with van der Waals surface area (Å²) in [7, 11) is 1.63. The molecule has 2 rings (SSSR count). The normalized spacial score (nSPS) is 10.9. The Morgan fingerprint density at radius 2 is 2.06 bits per heavy atom. The predicted octanol–water partition coefficient (Wildman–Crippen LogP) is 5.61. The minimum absolute atomic E-state index is 0.148. The lowest BCUT2D eigenvalue weighted by atomic mass is 10.0. The van der Waals surface area contributed by atoms with Crippen LogP contribution in [-0.4, -0.2) is 52.0 Å². The number of nitriles is 1. The lowest BCUT2D eigenvalue weighted by molar-refractivity contribution is 0.0757. The highest BCUT2D eigenvalue weighted by atomic mass is 35.5. The smallest absolute Gasteiger partial charge is 0.262 e. The minimum atomic E-state index is -0.244. The number of carbonyl (C=O) groups excluding carboxylic acids is 1. The monoisotopic (exact) mass is 497 g/mol. The molecule has 0 spiro atoms. The Kier molecular flexibility index (Phi) is 10.8. The molecule has 0 aliphatic heterocycles. The standard InChI is InChI=1S/C23H29Cl2N3O3S/c1-5-28(10-12-30-4)23-18(14-26)20(17-8-7-16(24)13-19(17)25)21(32-23)22(29)27-9-6-11-31-15(2)3/h7-8,13,15H,5-6,9-12H2,1-4H3,(H,27,29). The first-order chi connectivity index (χ1) is 15.3. The van der Waals surface area contributed by atoms with Crippen LogP contribution in [0.3, 0.4) is 0 Å². The fraction of sp³-hybridized carbons (Fsp3) is 0.478. The first-order valence-corrected chi connectivity index (χ1v) is 12.1. The van der Waals surface area contributed by atoms with Gasteiger partial charge in [0, 0.05) is 54.5 Å². The van der Waals surface area contributed by atoms with E-state index in [1.165, 1.54) is 11.3 Å². The lowest BCUT2D eigenvalue weighted by Crippen LogP contribution is -2.26. The molecule has 0 saturated carbocycles. The quantitative estimate of drug-likeness (QED) is 0.385. The van der Waals surface area contributed by atoms with Crippen molar-refractivity contribution in [1.29, 1.82) is 5.26 Å². The average molecular weight is 498 g/mol. The van der Waals surface area contributed by atoms with Crippen LogP contribution in [0.1, 0.15) is 42.4 Å². The molecule has 1 amide bonds. The molecule has 1 heterocycles. The van der Waals surface area contributed by atoms with Gasteiger partial charge in [-0.1, -0.05) is 29.3 Å². The van der Waals surface area contributed by atoms with Crippen LogP contribution in [0.5, 0.6) is 0 Å². The molecule has 9 heteroatoms. The van der Waals surface area contributed by atoms with Crippen LogP contribution in [0.15, 0.2) is 18.2 Å². The van der Waals surface area contributed by atoms with Crippen molar-refractivity contribution in [2.24, 2.45) is 0 Å². The Labute approximate surface area is 204 Å². The van der Waals surface area contributed by atoms with Gasteiger partial charge in [-0.05, 0) is 39.3 Å². The molecule has 0 fully saturated rings. The summed E-state index contributed by atoms with van der Waals surface area (Å²) in [5.74, 6) is -0.244. The maximum atomic E-state index is 13.2. The predicted molar refractivity (Wildman–Crippen MR) is 132 cm³/mol. The number of amides is 1. The number of nitrogens with zero attached hydrogens (tertiary/aromatic N) is 2. The van der Waals surface area contributed by atoms with Crippen LogP contribution in [0.2, 0.25) is 10.0 Å². The number of hydrogen-bond donors (Lipinski definition) is 1. The van der Waals surface area contributed by atoms with Gasteiger partial charge in [-0.25, -0.2) is 0 Å². The maximum Gasteiger partial charge on any atom is 0.262 e. The third kappa shape index (κ3) is 6.84. The van der Waals surface area contributed by atoms with Crippen LogP contribution >= 0.6 is 34.5 Å². The summed E-state index contributed by atoms with van der Waals surface area (Å²) in [6.07, 6.45) is 0.841. The molecule has 0 aliphatic rings. The maximum absolute atomic E-state index is 13.2. The Morgan fingerprint density at radius 3 is 2.66 bits per heavy atom. The van der Waals surface area contributed by atoms with Gasteiger partial charge in [-0.3, -0.25) is 4.79 Å². The summed E-state index contributed by atoms with van der Waals surface area (Å²) in [4.78, 5) is 15.6. The van der Waals surface area contributed by atoms with Crippen molar-refractivity contribution in [1.82, 2.24) is 5.32 Å². The lowest BCUT2D eigenvalue weighted by Gasteiger charge is -2.21. The van der Waals surface area contributed by atoms with E-state index in [1.807, 2.05) is 25.7 Å². The van der Waals surface area contributed by atoms with Crippen LogP contribution in [0, 0.1) is 11.3 Å². The molecular weight excluding hydrogens is 469 g/mol. The van der Waals surface area contributed by atoms with E-state index in [-0.39, 0.29) is 12.0 Å². The molecule has 1 aromatic carbocycles. The van der Waals surface area contributed by atoms with E-state index in [1.54, 1.807) is 25.3 Å². The second-order valence-electron chi connectivity index (χ2n) is 7.32. The largest absolute Gasteiger partial charge is 0.383 e. The molecule has 6 nitrogen and oxygen atoms in total. The molecule has 0 bridgehead atoms. The molecule has 0 radical (unpaired) electrons. The molecule has 0 saturated heterocycles. The first-order valence-electron chi connectivity index (χ1n) is 10.5. The van der Waals surface area contributed by atoms with Crippen LogP contribution < -0.4 is 10.2 Å². The fourth-order valence-electron chi connectivity index (χ4n) is 3.13. The van der Waals surface area contributed by atoms with Crippen molar-refractivity contribution in [2.45, 2.75) is 33.3 Å². The van der Waals surface area contributed by atoms with Gasteiger partial charge in [0.05, 0.1) is 18.3 Å². The van der Waals surface area contributed by atoms with Gasteiger partial charge in [-0.15, -0.1) is 11.3 Å². The molecule has 1 N–H and O–H groups in total. The number of likely N-dealkylation sites (N-methyl/N-ethyl adjacent to an activating group) is 1. The third-order valence-electron chi connectivity index (χ3n) is 4.70. The molecule has 174 valence electrons. The van der Waals surface area contributed by atoms with Crippen LogP contribution in [0.4, 0.5) is 5.00 Å². The Morgan fingerprint density at radius 1 is 1.31 bits per heavy atom. The average Bonchev–Trinajstić information content (AvgIpc) is 3.13. The Bertz CT molecular complexity index is 957. The number of carbonyl (C=O) groups is 1. The number of anilines is 1. The highest BCUT2D eigenvalue weighted by Crippen LogP contribution is 2.44. The topological polar surface area (TPSA) is 74.6 Å². The van der Waals surface area contributed by atoms with Gasteiger partial charge >= 0.3 is 0 Å². The van der Waals surface area contributed by atoms with E-state index >= 15 is 0 Å². The molecule has 0 atom stereocenters. The molecular formula is C23H29Cl2N3O3S. The molecule has 2 aromatic rings. The van der Waals surface area contributed by atoms with Crippen molar-refractivity contribution >= 4 is 45.4 Å². The molecule has 32 heavy (non-hydrogen) atoms. The summed E-state index contributed by atoms with van der Waals surface area (Å²) in [5, 5.41) is 14.6. The summed E-state index contributed by atoms with van der Waals surface area (Å²) in [6, 6.07) is 7.36. The van der Waals surface area contributed by atoms with Crippen LogP contribution in [0.25, 0.3) is 11.1 Å². The van der Waals surface area contributed by atoms with Gasteiger partial charge in [0.25, 0.3) is 5.91 Å². The SMILES string of the molecule is CCN(CCOC)c1sc(C(=O)NCCCOC(C)C)c(-c2ccc(Cl)cc2Cl)c1C#N. The zero-order valence-corrected chi connectivity index (χ0v) is 21.2. The van der Waals surface area contributed by atoms with Gasteiger partial charge in [-0.2, -0.15) is 5.26 Å². The zero-order chi connectivity index (χ0) is 23.7. The highest BCUT2D eigenvalue weighted by molar-refractivity contribution is 7.19. The summed E-state index contributed by atoms with van der Waals surface area (Å²) >= 11 is 13.8. The second-order valence-corrected chi connectivity index (χ2v) is 9.17. The number of benzene rings is 1.